The molecular formula is C14H17N5O2. The van der Waals surface area contributed by atoms with E-state index in [1.54, 1.807) is 6.20 Å². The number of anilines is 2. The van der Waals surface area contributed by atoms with Gasteiger partial charge in [0, 0.05) is 25.0 Å². The molecule has 0 unspecified atom stereocenters. The summed E-state index contributed by atoms with van der Waals surface area (Å²) in [5.74, 6) is 0.942. The molecule has 0 amide bonds. The number of aromatic nitrogens is 2. The van der Waals surface area contributed by atoms with Gasteiger partial charge in [-0.3, -0.25) is 15.1 Å². The lowest BCUT2D eigenvalue weighted by molar-refractivity contribution is -0.384. The third kappa shape index (κ3) is 4.13. The van der Waals surface area contributed by atoms with E-state index >= 15 is 0 Å². The Kier molecular flexibility index (Phi) is 4.65. The highest BCUT2D eigenvalue weighted by Crippen LogP contribution is 2.21. The molecule has 0 spiro atoms. The monoisotopic (exact) mass is 287 g/mol. The summed E-state index contributed by atoms with van der Waals surface area (Å²) in [5.41, 5.74) is 1.94. The van der Waals surface area contributed by atoms with Crippen molar-refractivity contribution in [3.63, 3.8) is 0 Å². The first-order valence-electron chi connectivity index (χ1n) is 6.64. The Bertz CT molecular complexity index is 628. The molecule has 2 rings (SSSR count). The van der Waals surface area contributed by atoms with Crippen LogP contribution < -0.4 is 10.6 Å². The van der Waals surface area contributed by atoms with E-state index in [0.717, 1.165) is 11.3 Å². The number of nitrogens with one attached hydrogen (secondary N) is 2. The zero-order valence-corrected chi connectivity index (χ0v) is 12.0. The highest BCUT2D eigenvalue weighted by Gasteiger charge is 2.10. The molecule has 0 saturated heterocycles. The van der Waals surface area contributed by atoms with Crippen LogP contribution in [0.25, 0.3) is 0 Å². The van der Waals surface area contributed by atoms with Crippen LogP contribution in [-0.2, 0) is 6.54 Å². The number of nitrogens with zero attached hydrogens (tertiary/aromatic N) is 3. The van der Waals surface area contributed by atoms with Crippen LogP contribution in [0.5, 0.6) is 0 Å². The molecule has 0 aliphatic heterocycles. The van der Waals surface area contributed by atoms with E-state index in [1.165, 1.54) is 12.1 Å². The second-order valence-electron chi connectivity index (χ2n) is 4.54. The maximum Gasteiger partial charge on any atom is 0.276 e. The zero-order chi connectivity index (χ0) is 15.2. The average Bonchev–Trinajstić information content (AvgIpc) is 2.47. The van der Waals surface area contributed by atoms with Gasteiger partial charge in [-0.2, -0.15) is 0 Å². The number of hydrogen-bond acceptors (Lipinski definition) is 6. The second kappa shape index (κ2) is 6.65. The Balaban J connectivity index is 2.14. The topological polar surface area (TPSA) is 93.0 Å². The van der Waals surface area contributed by atoms with E-state index < -0.39 is 4.92 Å². The van der Waals surface area contributed by atoms with Crippen LogP contribution in [0.2, 0.25) is 0 Å². The summed E-state index contributed by atoms with van der Waals surface area (Å²) in [6.07, 6.45) is 1.77. The molecule has 2 aromatic rings. The Labute approximate surface area is 122 Å². The Morgan fingerprint density at radius 3 is 2.52 bits per heavy atom. The molecule has 0 radical (unpaired) electrons. The highest BCUT2D eigenvalue weighted by atomic mass is 16.6. The van der Waals surface area contributed by atoms with E-state index in [-0.39, 0.29) is 5.69 Å². The minimum absolute atomic E-state index is 0.00508. The summed E-state index contributed by atoms with van der Waals surface area (Å²) in [6.45, 7) is 4.98. The standard InChI is InChI=1S/C14H17N5O2/c1-3-15-13-6-12(19(20)21)7-14(18-13)17-9-11-5-4-10(2)16-8-11/h4-8H,3,9H2,1-2H3,(H2,15,17,18). The van der Waals surface area contributed by atoms with Gasteiger partial charge in [-0.1, -0.05) is 6.07 Å². The van der Waals surface area contributed by atoms with Gasteiger partial charge in [-0.05, 0) is 25.5 Å². The van der Waals surface area contributed by atoms with Crippen LogP contribution in [-0.4, -0.2) is 21.4 Å². The average molecular weight is 287 g/mol. The Hall–Kier alpha value is -2.70. The lowest BCUT2D eigenvalue weighted by Gasteiger charge is -2.08. The van der Waals surface area contributed by atoms with Gasteiger partial charge < -0.3 is 10.6 Å². The van der Waals surface area contributed by atoms with Crippen molar-refractivity contribution >= 4 is 17.3 Å². The van der Waals surface area contributed by atoms with Crippen molar-refractivity contribution in [2.24, 2.45) is 0 Å². The first-order chi connectivity index (χ1) is 10.1. The molecule has 0 aromatic carbocycles. The predicted molar refractivity (Wildman–Crippen MR) is 81.4 cm³/mol. The third-order valence-corrected chi connectivity index (χ3v) is 2.83. The lowest BCUT2D eigenvalue weighted by atomic mass is 10.2. The quantitative estimate of drug-likeness (QED) is 0.627. The first-order valence-corrected chi connectivity index (χ1v) is 6.64. The van der Waals surface area contributed by atoms with Crippen molar-refractivity contribution in [2.45, 2.75) is 20.4 Å². The normalized spacial score (nSPS) is 10.2. The Morgan fingerprint density at radius 2 is 1.95 bits per heavy atom. The van der Waals surface area contributed by atoms with Crippen LogP contribution in [0.4, 0.5) is 17.3 Å². The van der Waals surface area contributed by atoms with E-state index in [1.807, 2.05) is 26.0 Å². The smallest absolute Gasteiger partial charge is 0.276 e. The Morgan fingerprint density at radius 1 is 1.24 bits per heavy atom. The largest absolute Gasteiger partial charge is 0.370 e. The summed E-state index contributed by atoms with van der Waals surface area (Å²) in [5, 5.41) is 17.0. The van der Waals surface area contributed by atoms with Gasteiger partial charge in [-0.15, -0.1) is 0 Å². The van der Waals surface area contributed by atoms with Gasteiger partial charge in [0.2, 0.25) is 0 Å². The molecule has 110 valence electrons. The molecule has 0 bridgehead atoms. The zero-order valence-electron chi connectivity index (χ0n) is 12.0. The fourth-order valence-electron chi connectivity index (χ4n) is 1.78. The summed E-state index contributed by atoms with van der Waals surface area (Å²) in [4.78, 5) is 19.0. The maximum absolute atomic E-state index is 10.9. The predicted octanol–water partition coefficient (Wildman–Crippen LogP) is 2.74. The molecule has 0 aliphatic rings. The van der Waals surface area contributed by atoms with Gasteiger partial charge in [0.25, 0.3) is 5.69 Å². The molecular weight excluding hydrogens is 270 g/mol. The van der Waals surface area contributed by atoms with E-state index in [4.69, 9.17) is 0 Å². The van der Waals surface area contributed by atoms with E-state index in [0.29, 0.717) is 24.7 Å². The van der Waals surface area contributed by atoms with Gasteiger partial charge in [-0.25, -0.2) is 4.98 Å². The number of aryl methyl sites for hydroxylation is 1. The molecule has 2 aromatic heterocycles. The molecule has 0 saturated carbocycles. The molecule has 7 heteroatoms. The lowest BCUT2D eigenvalue weighted by Crippen LogP contribution is -2.06. The van der Waals surface area contributed by atoms with Gasteiger partial charge in [0.1, 0.15) is 11.6 Å². The van der Waals surface area contributed by atoms with Crippen molar-refractivity contribution in [3.05, 3.63) is 51.8 Å². The van der Waals surface area contributed by atoms with E-state index in [9.17, 15) is 10.1 Å². The summed E-state index contributed by atoms with van der Waals surface area (Å²) in [6, 6.07) is 6.71. The molecule has 21 heavy (non-hydrogen) atoms. The van der Waals surface area contributed by atoms with Crippen LogP contribution in [0.1, 0.15) is 18.2 Å². The number of rotatable bonds is 6. The fourth-order valence-corrected chi connectivity index (χ4v) is 1.78. The van der Waals surface area contributed by atoms with Gasteiger partial charge >= 0.3 is 0 Å². The summed E-state index contributed by atoms with van der Waals surface area (Å²) < 4.78 is 0. The van der Waals surface area contributed by atoms with Crippen molar-refractivity contribution in [3.8, 4) is 0 Å². The van der Waals surface area contributed by atoms with Crippen molar-refractivity contribution in [2.75, 3.05) is 17.2 Å². The number of nitro groups is 1. The van der Waals surface area contributed by atoms with Gasteiger partial charge in [0.05, 0.1) is 17.1 Å². The van der Waals surface area contributed by atoms with Crippen LogP contribution in [0.15, 0.2) is 30.5 Å². The van der Waals surface area contributed by atoms with Crippen molar-refractivity contribution in [1.29, 1.82) is 0 Å². The minimum Gasteiger partial charge on any atom is -0.370 e. The third-order valence-electron chi connectivity index (χ3n) is 2.83. The molecule has 0 aliphatic carbocycles. The second-order valence-corrected chi connectivity index (χ2v) is 4.54. The SMILES string of the molecule is CCNc1cc([N+](=O)[O-])cc(NCc2ccc(C)nc2)n1. The number of hydrogen-bond donors (Lipinski definition) is 2. The molecule has 2 N–H and O–H groups in total. The minimum atomic E-state index is -0.429. The van der Waals surface area contributed by atoms with E-state index in [2.05, 4.69) is 20.6 Å². The summed E-state index contributed by atoms with van der Waals surface area (Å²) in [7, 11) is 0. The van der Waals surface area contributed by atoms with Crippen LogP contribution in [0.3, 0.4) is 0 Å². The van der Waals surface area contributed by atoms with Crippen molar-refractivity contribution in [1.82, 2.24) is 9.97 Å². The molecule has 0 atom stereocenters. The van der Waals surface area contributed by atoms with Gasteiger partial charge in [0.15, 0.2) is 0 Å². The van der Waals surface area contributed by atoms with Crippen LogP contribution in [0, 0.1) is 17.0 Å². The van der Waals surface area contributed by atoms with Crippen molar-refractivity contribution < 1.29 is 4.92 Å². The maximum atomic E-state index is 10.9. The molecule has 7 nitrogen and oxygen atoms in total. The first kappa shape index (κ1) is 14.7. The fraction of sp³-hybridized carbons (Fsp3) is 0.286. The van der Waals surface area contributed by atoms with Crippen LogP contribution >= 0.6 is 0 Å². The summed E-state index contributed by atoms with van der Waals surface area (Å²) >= 11 is 0. The molecule has 0 fully saturated rings. The highest BCUT2D eigenvalue weighted by molar-refractivity contribution is 5.54. The number of pyridine rings is 2. The molecule has 2 heterocycles.